The third-order valence-electron chi connectivity index (χ3n) is 7.20. The molecular weight excluding hydrogens is 462 g/mol. The Labute approximate surface area is 199 Å². The van der Waals surface area contributed by atoms with Crippen LogP contribution in [0, 0.1) is 5.92 Å². The molecule has 2 aliphatic heterocycles. The molecule has 2 aliphatic rings. The molecule has 32 heavy (non-hydrogen) atoms. The number of hydrogen-bond donors (Lipinski definition) is 1. The maximum absolute atomic E-state index is 4.85. The first-order valence-corrected chi connectivity index (χ1v) is 12.7. The van der Waals surface area contributed by atoms with Crippen LogP contribution in [-0.2, 0) is 0 Å². The van der Waals surface area contributed by atoms with Crippen LogP contribution in [0.2, 0.25) is 0 Å². The Balaban J connectivity index is 1.32. The van der Waals surface area contributed by atoms with Gasteiger partial charge in [-0.1, -0.05) is 53.2 Å². The molecule has 0 spiro atoms. The van der Waals surface area contributed by atoms with E-state index in [1.54, 1.807) is 0 Å². The number of hydrogen-bond acceptors (Lipinski definition) is 5. The van der Waals surface area contributed by atoms with Gasteiger partial charge in [0.05, 0.1) is 5.52 Å². The van der Waals surface area contributed by atoms with E-state index in [4.69, 9.17) is 4.98 Å². The summed E-state index contributed by atoms with van der Waals surface area (Å²) in [6.45, 7) is 8.77. The van der Waals surface area contributed by atoms with Crippen molar-refractivity contribution in [3.8, 4) is 0 Å². The molecule has 1 N–H and O–H groups in total. The van der Waals surface area contributed by atoms with E-state index in [9.17, 15) is 0 Å². The minimum Gasteiger partial charge on any atom is -0.338 e. The topological polar surface area (TPSA) is 44.3 Å². The SMILES string of the molecule is CC(c1ccccc1)C(C1CCCNC1)N1CCN(c2ncc3cc(Br)ccc3n2)CC1. The van der Waals surface area contributed by atoms with Crippen LogP contribution in [0.1, 0.15) is 31.2 Å². The molecular formula is C26H32BrN5. The van der Waals surface area contributed by atoms with Gasteiger partial charge in [-0.3, -0.25) is 4.90 Å². The van der Waals surface area contributed by atoms with Crippen molar-refractivity contribution in [2.75, 3.05) is 44.2 Å². The third kappa shape index (κ3) is 4.68. The second-order valence-electron chi connectivity index (χ2n) is 9.19. The zero-order valence-electron chi connectivity index (χ0n) is 18.8. The van der Waals surface area contributed by atoms with Gasteiger partial charge in [-0.05, 0) is 61.5 Å². The van der Waals surface area contributed by atoms with Gasteiger partial charge in [-0.2, -0.15) is 0 Å². The Bertz CT molecular complexity index is 1030. The minimum atomic E-state index is 0.517. The summed E-state index contributed by atoms with van der Waals surface area (Å²) in [6.07, 6.45) is 4.55. The van der Waals surface area contributed by atoms with Crippen molar-refractivity contribution in [2.24, 2.45) is 5.92 Å². The van der Waals surface area contributed by atoms with Gasteiger partial charge in [0.2, 0.25) is 5.95 Å². The number of anilines is 1. The van der Waals surface area contributed by atoms with Crippen LogP contribution in [0.3, 0.4) is 0 Å². The molecule has 168 valence electrons. The molecule has 1 aromatic heterocycles. The van der Waals surface area contributed by atoms with Gasteiger partial charge in [0.15, 0.2) is 0 Å². The molecule has 5 nitrogen and oxygen atoms in total. The Morgan fingerprint density at radius 3 is 2.62 bits per heavy atom. The number of halogens is 1. The maximum atomic E-state index is 4.85. The van der Waals surface area contributed by atoms with Gasteiger partial charge in [0, 0.05) is 48.3 Å². The molecule has 2 fully saturated rings. The van der Waals surface area contributed by atoms with E-state index in [2.05, 4.69) is 85.4 Å². The molecule has 3 unspecified atom stereocenters. The quantitative estimate of drug-likeness (QED) is 0.558. The van der Waals surface area contributed by atoms with E-state index in [1.807, 2.05) is 12.3 Å². The molecule has 0 aliphatic carbocycles. The van der Waals surface area contributed by atoms with E-state index in [0.29, 0.717) is 17.9 Å². The predicted molar refractivity (Wildman–Crippen MR) is 135 cm³/mol. The summed E-state index contributed by atoms with van der Waals surface area (Å²) in [5.74, 6) is 2.07. The van der Waals surface area contributed by atoms with Crippen molar-refractivity contribution in [1.29, 1.82) is 0 Å². The molecule has 0 saturated carbocycles. The first-order valence-electron chi connectivity index (χ1n) is 11.9. The van der Waals surface area contributed by atoms with Gasteiger partial charge >= 0.3 is 0 Å². The van der Waals surface area contributed by atoms with Crippen molar-refractivity contribution >= 4 is 32.8 Å². The summed E-state index contributed by atoms with van der Waals surface area (Å²) < 4.78 is 1.06. The zero-order valence-corrected chi connectivity index (χ0v) is 20.3. The number of rotatable bonds is 5. The van der Waals surface area contributed by atoms with E-state index >= 15 is 0 Å². The van der Waals surface area contributed by atoms with Crippen molar-refractivity contribution < 1.29 is 0 Å². The first kappa shape index (κ1) is 21.8. The fraction of sp³-hybridized carbons (Fsp3) is 0.462. The summed E-state index contributed by atoms with van der Waals surface area (Å²) in [4.78, 5) is 14.6. The highest BCUT2D eigenvalue weighted by molar-refractivity contribution is 9.10. The Hall–Kier alpha value is -2.02. The standard InChI is InChI=1S/C26H32BrN5/c1-19(20-6-3-2-4-7-20)25(21-8-5-11-28-17-21)31-12-14-32(15-13-31)26-29-18-22-16-23(27)9-10-24(22)30-26/h2-4,6-7,9-10,16,18-19,21,25,28H,5,8,11-15,17H2,1H3. The molecule has 2 aromatic carbocycles. The van der Waals surface area contributed by atoms with Crippen molar-refractivity contribution in [3.05, 3.63) is 64.8 Å². The van der Waals surface area contributed by atoms with Crippen LogP contribution >= 0.6 is 15.9 Å². The van der Waals surface area contributed by atoms with Crippen LogP contribution in [0.4, 0.5) is 5.95 Å². The lowest BCUT2D eigenvalue weighted by Crippen LogP contribution is -2.56. The van der Waals surface area contributed by atoms with E-state index in [0.717, 1.165) is 60.6 Å². The molecule has 0 bridgehead atoms. The van der Waals surface area contributed by atoms with Gasteiger partial charge in [-0.25, -0.2) is 9.97 Å². The minimum absolute atomic E-state index is 0.517. The fourth-order valence-corrected chi connectivity index (χ4v) is 5.89. The summed E-state index contributed by atoms with van der Waals surface area (Å²) in [5.41, 5.74) is 2.46. The molecule has 0 amide bonds. The Morgan fingerprint density at radius 1 is 1.06 bits per heavy atom. The summed E-state index contributed by atoms with van der Waals surface area (Å²) in [5, 5.41) is 4.73. The van der Waals surface area contributed by atoms with Crippen LogP contribution in [0.5, 0.6) is 0 Å². The molecule has 6 heteroatoms. The highest BCUT2D eigenvalue weighted by atomic mass is 79.9. The highest BCUT2D eigenvalue weighted by Gasteiger charge is 2.35. The predicted octanol–water partition coefficient (Wildman–Crippen LogP) is 4.69. The monoisotopic (exact) mass is 493 g/mol. The average Bonchev–Trinajstić information content (AvgIpc) is 2.85. The first-order chi connectivity index (χ1) is 15.7. The lowest BCUT2D eigenvalue weighted by atomic mass is 9.80. The van der Waals surface area contributed by atoms with E-state index in [-0.39, 0.29) is 0 Å². The molecule has 0 radical (unpaired) electrons. The zero-order chi connectivity index (χ0) is 21.9. The molecule has 3 aromatic rings. The van der Waals surface area contributed by atoms with Gasteiger partial charge in [0.25, 0.3) is 0 Å². The third-order valence-corrected chi connectivity index (χ3v) is 7.70. The van der Waals surface area contributed by atoms with Gasteiger partial charge in [-0.15, -0.1) is 0 Å². The number of piperazine rings is 1. The highest BCUT2D eigenvalue weighted by Crippen LogP contribution is 2.33. The smallest absolute Gasteiger partial charge is 0.225 e. The van der Waals surface area contributed by atoms with Crippen LogP contribution < -0.4 is 10.2 Å². The summed E-state index contributed by atoms with van der Waals surface area (Å²) >= 11 is 3.53. The van der Waals surface area contributed by atoms with Crippen molar-refractivity contribution in [3.63, 3.8) is 0 Å². The number of piperidine rings is 1. The van der Waals surface area contributed by atoms with E-state index in [1.165, 1.54) is 18.4 Å². The second kappa shape index (κ2) is 9.86. The Morgan fingerprint density at radius 2 is 1.88 bits per heavy atom. The van der Waals surface area contributed by atoms with Crippen molar-refractivity contribution in [2.45, 2.75) is 31.7 Å². The second-order valence-corrected chi connectivity index (χ2v) is 10.1. The number of fused-ring (bicyclic) bond motifs is 1. The number of benzene rings is 2. The molecule has 2 saturated heterocycles. The number of nitrogens with one attached hydrogen (secondary N) is 1. The molecule has 5 rings (SSSR count). The lowest BCUT2D eigenvalue weighted by Gasteiger charge is -2.46. The summed E-state index contributed by atoms with van der Waals surface area (Å²) in [7, 11) is 0. The Kier molecular flexibility index (Phi) is 6.72. The number of aromatic nitrogens is 2. The lowest BCUT2D eigenvalue weighted by molar-refractivity contribution is 0.0984. The molecule has 3 atom stereocenters. The largest absolute Gasteiger partial charge is 0.338 e. The normalized spacial score (nSPS) is 22.1. The van der Waals surface area contributed by atoms with Crippen molar-refractivity contribution in [1.82, 2.24) is 20.2 Å². The number of nitrogens with zero attached hydrogens (tertiary/aromatic N) is 4. The maximum Gasteiger partial charge on any atom is 0.225 e. The van der Waals surface area contributed by atoms with Crippen LogP contribution in [-0.4, -0.2) is 60.2 Å². The van der Waals surface area contributed by atoms with Gasteiger partial charge in [0.1, 0.15) is 0 Å². The average molecular weight is 494 g/mol. The summed E-state index contributed by atoms with van der Waals surface area (Å²) in [6, 6.07) is 17.8. The van der Waals surface area contributed by atoms with Crippen LogP contribution in [0.15, 0.2) is 59.2 Å². The van der Waals surface area contributed by atoms with Gasteiger partial charge < -0.3 is 10.2 Å². The van der Waals surface area contributed by atoms with Crippen LogP contribution in [0.25, 0.3) is 10.9 Å². The fourth-order valence-electron chi connectivity index (χ4n) is 5.51. The van der Waals surface area contributed by atoms with E-state index < -0.39 is 0 Å². The molecule has 3 heterocycles.